The maximum absolute atomic E-state index is 9.93. The monoisotopic (exact) mass is 414 g/mol. The minimum Gasteiger partial charge on any atom is -0.508 e. The highest BCUT2D eigenvalue weighted by Gasteiger charge is 2.28. The molecule has 5 heteroatoms. The van der Waals surface area contributed by atoms with Gasteiger partial charge in [-0.2, -0.15) is 0 Å². The smallest absolute Gasteiger partial charge is 0.126 e. The van der Waals surface area contributed by atoms with Crippen molar-refractivity contribution in [3.63, 3.8) is 0 Å². The highest BCUT2D eigenvalue weighted by atomic mass is 32.1. The first-order chi connectivity index (χ1) is 14.6. The quantitative estimate of drug-likeness (QED) is 0.470. The van der Waals surface area contributed by atoms with E-state index < -0.39 is 0 Å². The molecule has 1 aliphatic rings. The first-order valence-electron chi connectivity index (χ1n) is 10.1. The Hall–Kier alpha value is -3.31. The Kier molecular flexibility index (Phi) is 4.68. The molecule has 0 radical (unpaired) electrons. The zero-order chi connectivity index (χ0) is 20.7. The molecule has 2 heterocycles. The third-order valence-corrected chi connectivity index (χ3v) is 6.17. The zero-order valence-corrected chi connectivity index (χ0v) is 17.3. The Labute approximate surface area is 180 Å². The van der Waals surface area contributed by atoms with Gasteiger partial charge in [0.1, 0.15) is 16.5 Å². The fourth-order valence-electron chi connectivity index (χ4n) is 4.42. The van der Waals surface area contributed by atoms with E-state index in [1.165, 1.54) is 22.6 Å². The van der Waals surface area contributed by atoms with Crippen LogP contribution >= 0.6 is 12.2 Å². The van der Waals surface area contributed by atoms with Gasteiger partial charge >= 0.3 is 0 Å². The number of phenols is 2. The number of phenolic OH excluding ortho intramolecular Hbond substituents is 2. The fourth-order valence-corrected chi connectivity index (χ4v) is 4.81. The number of fused-ring (bicyclic) bond motifs is 3. The zero-order valence-electron chi connectivity index (χ0n) is 16.5. The minimum atomic E-state index is 0.0589. The van der Waals surface area contributed by atoms with Crippen molar-refractivity contribution >= 4 is 28.1 Å². The van der Waals surface area contributed by atoms with E-state index in [1.54, 1.807) is 12.1 Å². The third kappa shape index (κ3) is 3.31. The maximum atomic E-state index is 9.93. The van der Waals surface area contributed by atoms with Crippen molar-refractivity contribution in [2.45, 2.75) is 19.5 Å². The summed E-state index contributed by atoms with van der Waals surface area (Å²) in [7, 11) is 0. The number of nitrogens with zero attached hydrogens (tertiary/aromatic N) is 2. The van der Waals surface area contributed by atoms with Crippen LogP contribution in [0, 0.1) is 0 Å². The van der Waals surface area contributed by atoms with Crippen LogP contribution in [0.2, 0.25) is 0 Å². The summed E-state index contributed by atoms with van der Waals surface area (Å²) in [6, 6.07) is 23.5. The van der Waals surface area contributed by atoms with Crippen molar-refractivity contribution in [1.82, 2.24) is 9.47 Å². The van der Waals surface area contributed by atoms with Gasteiger partial charge in [-0.25, -0.2) is 0 Å². The second kappa shape index (κ2) is 7.50. The predicted octanol–water partition coefficient (Wildman–Crippen LogP) is 4.83. The van der Waals surface area contributed by atoms with E-state index in [4.69, 9.17) is 12.2 Å². The molecule has 0 unspecified atom stereocenters. The highest BCUT2D eigenvalue weighted by molar-refractivity contribution is 7.80. The average Bonchev–Trinajstić information content (AvgIpc) is 3.05. The summed E-state index contributed by atoms with van der Waals surface area (Å²) in [5.74, 6) is 0.118. The Morgan fingerprint density at radius 1 is 0.800 bits per heavy atom. The van der Waals surface area contributed by atoms with Crippen LogP contribution in [0.5, 0.6) is 11.5 Å². The van der Waals surface area contributed by atoms with E-state index in [1.807, 2.05) is 12.1 Å². The molecule has 0 aliphatic carbocycles. The lowest BCUT2D eigenvalue weighted by molar-refractivity contribution is 0.412. The first-order valence-corrected chi connectivity index (χ1v) is 10.5. The Morgan fingerprint density at radius 2 is 1.50 bits per heavy atom. The van der Waals surface area contributed by atoms with Crippen LogP contribution in [0.3, 0.4) is 0 Å². The largest absolute Gasteiger partial charge is 0.508 e. The molecule has 0 saturated heterocycles. The van der Waals surface area contributed by atoms with Crippen LogP contribution in [0.15, 0.2) is 72.8 Å². The van der Waals surface area contributed by atoms with Gasteiger partial charge in [0.25, 0.3) is 0 Å². The molecular weight excluding hydrogens is 392 g/mol. The summed E-state index contributed by atoms with van der Waals surface area (Å²) >= 11 is 5.98. The van der Waals surface area contributed by atoms with Gasteiger partial charge < -0.3 is 19.7 Å². The summed E-state index contributed by atoms with van der Waals surface area (Å²) in [5.41, 5.74) is 5.54. The fraction of sp³-hybridized carbons (Fsp3) is 0.160. The second-order valence-electron chi connectivity index (χ2n) is 7.75. The van der Waals surface area contributed by atoms with Gasteiger partial charge in [0.15, 0.2) is 0 Å². The molecule has 5 rings (SSSR count). The molecular formula is C25H22N2O2S. The van der Waals surface area contributed by atoms with Crippen LogP contribution in [0.1, 0.15) is 22.4 Å². The Balaban J connectivity index is 1.59. The van der Waals surface area contributed by atoms with Crippen LogP contribution in [-0.4, -0.2) is 31.2 Å². The number of thiocarbonyl (C=S) groups is 1. The van der Waals surface area contributed by atoms with E-state index in [9.17, 15) is 10.2 Å². The van der Waals surface area contributed by atoms with Crippen molar-refractivity contribution < 1.29 is 10.2 Å². The Morgan fingerprint density at radius 3 is 2.27 bits per heavy atom. The van der Waals surface area contributed by atoms with Gasteiger partial charge in [0.05, 0.1) is 5.69 Å². The van der Waals surface area contributed by atoms with Crippen LogP contribution in [0.25, 0.3) is 10.9 Å². The number of hydrogen-bond acceptors (Lipinski definition) is 3. The molecule has 0 bridgehead atoms. The molecule has 0 saturated carbocycles. The molecule has 0 atom stereocenters. The van der Waals surface area contributed by atoms with Gasteiger partial charge in [-0.1, -0.05) is 60.7 Å². The summed E-state index contributed by atoms with van der Waals surface area (Å²) in [5, 5.41) is 21.1. The van der Waals surface area contributed by atoms with E-state index in [-0.39, 0.29) is 11.5 Å². The van der Waals surface area contributed by atoms with Gasteiger partial charge in [0.2, 0.25) is 0 Å². The van der Waals surface area contributed by atoms with Gasteiger partial charge in [0, 0.05) is 36.6 Å². The third-order valence-electron chi connectivity index (χ3n) is 5.72. The molecule has 30 heavy (non-hydrogen) atoms. The molecule has 4 aromatic rings. The van der Waals surface area contributed by atoms with Gasteiger partial charge in [-0.3, -0.25) is 0 Å². The number of hydrogen-bond donors (Lipinski definition) is 2. The van der Waals surface area contributed by atoms with Crippen molar-refractivity contribution in [2.75, 3.05) is 6.54 Å². The van der Waals surface area contributed by atoms with Gasteiger partial charge in [-0.15, -0.1) is 0 Å². The average molecular weight is 415 g/mol. The first kappa shape index (κ1) is 18.7. The molecule has 0 fully saturated rings. The Bertz CT molecular complexity index is 1230. The number of rotatable bonds is 4. The summed E-state index contributed by atoms with van der Waals surface area (Å²) in [6.07, 6.45) is 0.932. The van der Waals surface area contributed by atoms with Gasteiger partial charge in [-0.05, 0) is 41.3 Å². The molecule has 1 aliphatic heterocycles. The normalized spacial score (nSPS) is 13.6. The van der Waals surface area contributed by atoms with E-state index in [2.05, 4.69) is 51.9 Å². The summed E-state index contributed by atoms with van der Waals surface area (Å²) in [6.45, 7) is 2.20. The van der Waals surface area contributed by atoms with E-state index in [0.29, 0.717) is 6.54 Å². The number of aromatic hydroxyl groups is 2. The lowest BCUT2D eigenvalue weighted by atomic mass is 10.0. The van der Waals surface area contributed by atoms with Crippen LogP contribution < -0.4 is 0 Å². The molecule has 3 aromatic carbocycles. The van der Waals surface area contributed by atoms with E-state index in [0.717, 1.165) is 41.3 Å². The molecule has 0 spiro atoms. The maximum Gasteiger partial charge on any atom is 0.126 e. The molecule has 4 nitrogen and oxygen atoms in total. The highest BCUT2D eigenvalue weighted by Crippen LogP contribution is 2.33. The predicted molar refractivity (Wildman–Crippen MR) is 123 cm³/mol. The molecule has 0 amide bonds. The van der Waals surface area contributed by atoms with Crippen LogP contribution in [0.4, 0.5) is 0 Å². The van der Waals surface area contributed by atoms with Crippen LogP contribution in [-0.2, 0) is 19.5 Å². The topological polar surface area (TPSA) is 48.6 Å². The van der Waals surface area contributed by atoms with Crippen molar-refractivity contribution in [2.24, 2.45) is 0 Å². The summed E-state index contributed by atoms with van der Waals surface area (Å²) < 4.78 is 2.22. The number of benzene rings is 3. The lowest BCUT2D eigenvalue weighted by Gasteiger charge is -2.31. The van der Waals surface area contributed by atoms with E-state index >= 15 is 0 Å². The standard InChI is InChI=1S/C25H22N2O2S/c28-19-12-18(13-20(29)14-19)16-27-23-9-5-4-8-21(23)22-10-11-26(25(30)24(22)27)15-17-6-2-1-3-7-17/h1-9,12-14,28-29H,10-11,15-16H2. The van der Waals surface area contributed by atoms with Crippen molar-refractivity contribution in [3.8, 4) is 11.5 Å². The van der Waals surface area contributed by atoms with Crippen molar-refractivity contribution in [1.29, 1.82) is 0 Å². The minimum absolute atomic E-state index is 0.0589. The second-order valence-corrected chi connectivity index (χ2v) is 8.14. The lowest BCUT2D eigenvalue weighted by Crippen LogP contribution is -2.37. The molecule has 150 valence electrons. The summed E-state index contributed by atoms with van der Waals surface area (Å²) in [4.78, 5) is 3.11. The molecule has 1 aromatic heterocycles. The SMILES string of the molecule is Oc1cc(O)cc(Cn2c3c(c4ccccc42)CCN(Cc2ccccc2)C3=S)c1. The number of para-hydroxylation sites is 1. The van der Waals surface area contributed by atoms with Crippen molar-refractivity contribution in [3.05, 3.63) is 95.2 Å². The molecule has 2 N–H and O–H groups in total. The number of aromatic nitrogens is 1.